The third-order valence-electron chi connectivity index (χ3n) is 5.47. The van der Waals surface area contributed by atoms with Gasteiger partial charge in [-0.3, -0.25) is 4.79 Å². The number of ether oxygens (including phenoxy) is 2. The van der Waals surface area contributed by atoms with Gasteiger partial charge >= 0.3 is 0 Å². The molecule has 1 amide bonds. The zero-order chi connectivity index (χ0) is 21.4. The van der Waals surface area contributed by atoms with Crippen LogP contribution >= 0.6 is 0 Å². The zero-order valence-electron chi connectivity index (χ0n) is 18.0. The molecule has 2 aromatic heterocycles. The van der Waals surface area contributed by atoms with Gasteiger partial charge in [0.2, 0.25) is 5.91 Å². The second-order valence-electron chi connectivity index (χ2n) is 7.65. The Labute approximate surface area is 175 Å². The maximum Gasteiger partial charge on any atom is 0.217 e. The molecule has 0 spiro atoms. The summed E-state index contributed by atoms with van der Waals surface area (Å²) in [6, 6.07) is 8.04. The van der Waals surface area contributed by atoms with Gasteiger partial charge in [0, 0.05) is 43.4 Å². The standard InChI is InChI=1S/C22H27N5O3/c1-13-10-20(26-9-8-17(12-26)24-15(3)28)27-22(23-13)21(14(2)25-27)16-6-7-18(29-4)19(11-16)30-5/h6-7,10-11,17H,8-9,12H2,1-5H3,(H,24,28)/t17-/m1/s1. The summed E-state index contributed by atoms with van der Waals surface area (Å²) in [5.41, 5.74) is 4.55. The summed E-state index contributed by atoms with van der Waals surface area (Å²) < 4.78 is 12.8. The Morgan fingerprint density at radius 2 is 1.93 bits per heavy atom. The minimum Gasteiger partial charge on any atom is -0.493 e. The SMILES string of the molecule is COc1ccc(-c2c(C)nn3c(N4CC[C@@H](NC(C)=O)C4)cc(C)nc23)cc1OC. The lowest BCUT2D eigenvalue weighted by Gasteiger charge is -2.20. The van der Waals surface area contributed by atoms with Crippen LogP contribution in [0.2, 0.25) is 0 Å². The maximum absolute atomic E-state index is 11.4. The predicted molar refractivity (Wildman–Crippen MR) is 115 cm³/mol. The summed E-state index contributed by atoms with van der Waals surface area (Å²) >= 11 is 0. The topological polar surface area (TPSA) is 81.0 Å². The first-order valence-corrected chi connectivity index (χ1v) is 10.0. The molecule has 1 N–H and O–H groups in total. The number of methoxy groups -OCH3 is 2. The number of carbonyl (C=O) groups is 1. The number of aryl methyl sites for hydroxylation is 2. The fraction of sp³-hybridized carbons (Fsp3) is 0.409. The highest BCUT2D eigenvalue weighted by Gasteiger charge is 2.27. The third kappa shape index (κ3) is 3.53. The van der Waals surface area contributed by atoms with Crippen LogP contribution in [0.5, 0.6) is 11.5 Å². The van der Waals surface area contributed by atoms with Crippen LogP contribution in [0.15, 0.2) is 24.3 Å². The molecule has 3 aromatic rings. The van der Waals surface area contributed by atoms with Gasteiger partial charge in [-0.05, 0) is 38.0 Å². The number of aromatic nitrogens is 3. The average molecular weight is 409 g/mol. The molecule has 0 bridgehead atoms. The molecule has 1 atom stereocenters. The van der Waals surface area contributed by atoms with Gasteiger partial charge in [0.25, 0.3) is 0 Å². The number of rotatable bonds is 5. The summed E-state index contributed by atoms with van der Waals surface area (Å²) in [5.74, 6) is 2.34. The first-order chi connectivity index (χ1) is 14.4. The predicted octanol–water partition coefficient (Wildman–Crippen LogP) is 2.75. The van der Waals surface area contributed by atoms with Crippen molar-refractivity contribution < 1.29 is 14.3 Å². The van der Waals surface area contributed by atoms with E-state index in [9.17, 15) is 4.79 Å². The molecule has 0 aliphatic carbocycles. The monoisotopic (exact) mass is 409 g/mol. The molecule has 1 aromatic carbocycles. The van der Waals surface area contributed by atoms with Gasteiger partial charge in [0.05, 0.1) is 19.9 Å². The minimum atomic E-state index is 0.00331. The second kappa shape index (κ2) is 7.85. The van der Waals surface area contributed by atoms with Crippen molar-refractivity contribution in [2.24, 2.45) is 0 Å². The van der Waals surface area contributed by atoms with Gasteiger partial charge in [0.15, 0.2) is 17.1 Å². The van der Waals surface area contributed by atoms with Crippen molar-refractivity contribution in [2.45, 2.75) is 33.2 Å². The summed E-state index contributed by atoms with van der Waals surface area (Å²) in [7, 11) is 3.25. The van der Waals surface area contributed by atoms with Crippen LogP contribution in [0.4, 0.5) is 5.82 Å². The molecule has 0 unspecified atom stereocenters. The number of carbonyl (C=O) groups excluding carboxylic acids is 1. The smallest absolute Gasteiger partial charge is 0.217 e. The van der Waals surface area contributed by atoms with Gasteiger partial charge in [-0.15, -0.1) is 0 Å². The Morgan fingerprint density at radius 1 is 1.17 bits per heavy atom. The number of amides is 1. The number of fused-ring (bicyclic) bond motifs is 1. The number of nitrogens with zero attached hydrogens (tertiary/aromatic N) is 4. The van der Waals surface area contributed by atoms with E-state index in [0.29, 0.717) is 11.5 Å². The van der Waals surface area contributed by atoms with Crippen molar-refractivity contribution in [3.8, 4) is 22.6 Å². The van der Waals surface area contributed by atoms with Crippen molar-refractivity contribution in [2.75, 3.05) is 32.2 Å². The van der Waals surface area contributed by atoms with Crippen LogP contribution in [0, 0.1) is 13.8 Å². The number of hydrogen-bond donors (Lipinski definition) is 1. The van der Waals surface area contributed by atoms with Crippen LogP contribution < -0.4 is 19.7 Å². The summed E-state index contributed by atoms with van der Waals surface area (Å²) in [6.07, 6.45) is 0.908. The van der Waals surface area contributed by atoms with Gasteiger partial charge in [0.1, 0.15) is 5.82 Å². The Bertz CT molecular complexity index is 1110. The Hall–Kier alpha value is -3.29. The molecule has 30 heavy (non-hydrogen) atoms. The highest BCUT2D eigenvalue weighted by atomic mass is 16.5. The van der Waals surface area contributed by atoms with Crippen molar-refractivity contribution in [3.63, 3.8) is 0 Å². The van der Waals surface area contributed by atoms with E-state index in [-0.39, 0.29) is 11.9 Å². The molecule has 1 aliphatic heterocycles. The quantitative estimate of drug-likeness (QED) is 0.698. The average Bonchev–Trinajstić information content (AvgIpc) is 3.30. The molecule has 1 saturated heterocycles. The number of nitrogens with one attached hydrogen (secondary N) is 1. The van der Waals surface area contributed by atoms with Crippen molar-refractivity contribution in [1.82, 2.24) is 19.9 Å². The normalized spacial score (nSPS) is 16.2. The molecule has 8 heteroatoms. The molecular weight excluding hydrogens is 382 g/mol. The fourth-order valence-electron chi connectivity index (χ4n) is 4.15. The summed E-state index contributed by atoms with van der Waals surface area (Å²) in [6.45, 7) is 7.15. The summed E-state index contributed by atoms with van der Waals surface area (Å²) in [5, 5.41) is 7.83. The van der Waals surface area contributed by atoms with Crippen LogP contribution in [0.3, 0.4) is 0 Å². The van der Waals surface area contributed by atoms with E-state index >= 15 is 0 Å². The third-order valence-corrected chi connectivity index (χ3v) is 5.47. The number of hydrogen-bond acceptors (Lipinski definition) is 6. The number of benzene rings is 1. The Balaban J connectivity index is 1.79. The largest absolute Gasteiger partial charge is 0.493 e. The number of anilines is 1. The molecule has 1 fully saturated rings. The van der Waals surface area contributed by atoms with Gasteiger partial charge in [-0.1, -0.05) is 6.07 Å². The lowest BCUT2D eigenvalue weighted by molar-refractivity contribution is -0.119. The molecule has 158 valence electrons. The van der Waals surface area contributed by atoms with Crippen molar-refractivity contribution >= 4 is 17.4 Å². The van der Waals surface area contributed by atoms with Crippen LogP contribution in [0.1, 0.15) is 24.7 Å². The maximum atomic E-state index is 11.4. The van der Waals surface area contributed by atoms with Gasteiger partial charge < -0.3 is 19.7 Å². The fourth-order valence-corrected chi connectivity index (χ4v) is 4.15. The van der Waals surface area contributed by atoms with E-state index < -0.39 is 0 Å². The zero-order valence-corrected chi connectivity index (χ0v) is 18.0. The van der Waals surface area contributed by atoms with Crippen molar-refractivity contribution in [1.29, 1.82) is 0 Å². The molecule has 1 aliphatic rings. The molecule has 4 rings (SSSR count). The Kier molecular flexibility index (Phi) is 5.24. The van der Waals surface area contributed by atoms with Crippen molar-refractivity contribution in [3.05, 3.63) is 35.7 Å². The Morgan fingerprint density at radius 3 is 2.63 bits per heavy atom. The molecule has 0 radical (unpaired) electrons. The first-order valence-electron chi connectivity index (χ1n) is 10.0. The lowest BCUT2D eigenvalue weighted by atomic mass is 10.1. The first kappa shape index (κ1) is 20.0. The van der Waals surface area contributed by atoms with E-state index in [1.165, 1.54) is 0 Å². The van der Waals surface area contributed by atoms with E-state index in [2.05, 4.69) is 10.2 Å². The molecule has 8 nitrogen and oxygen atoms in total. The highest BCUT2D eigenvalue weighted by molar-refractivity contribution is 5.82. The van der Waals surface area contributed by atoms with E-state index in [0.717, 1.165) is 53.5 Å². The molecule has 0 saturated carbocycles. The molecule has 3 heterocycles. The van der Waals surface area contributed by atoms with Crippen LogP contribution in [0.25, 0.3) is 16.8 Å². The minimum absolute atomic E-state index is 0.00331. The molecular formula is C22H27N5O3. The highest BCUT2D eigenvalue weighted by Crippen LogP contribution is 2.36. The van der Waals surface area contributed by atoms with E-state index in [1.54, 1.807) is 21.1 Å². The van der Waals surface area contributed by atoms with Crippen LogP contribution in [-0.2, 0) is 4.79 Å². The van der Waals surface area contributed by atoms with E-state index in [1.807, 2.05) is 42.6 Å². The summed E-state index contributed by atoms with van der Waals surface area (Å²) in [4.78, 5) is 18.5. The van der Waals surface area contributed by atoms with E-state index in [4.69, 9.17) is 19.6 Å². The van der Waals surface area contributed by atoms with Crippen LogP contribution in [-0.4, -0.2) is 53.9 Å². The second-order valence-corrected chi connectivity index (χ2v) is 7.65. The van der Waals surface area contributed by atoms with Gasteiger partial charge in [-0.25, -0.2) is 4.98 Å². The lowest BCUT2D eigenvalue weighted by Crippen LogP contribution is -2.36. The van der Waals surface area contributed by atoms with Gasteiger partial charge in [-0.2, -0.15) is 9.61 Å².